The highest BCUT2D eigenvalue weighted by Gasteiger charge is 2.22. The summed E-state index contributed by atoms with van der Waals surface area (Å²) in [6.45, 7) is 5.43. The van der Waals surface area contributed by atoms with Crippen molar-refractivity contribution >= 4 is 0 Å². The molecule has 1 aliphatic rings. The Hall–Kier alpha value is -1.06. The third kappa shape index (κ3) is 3.20. The Bertz CT molecular complexity index is 367. The molecule has 2 rings (SSSR count). The van der Waals surface area contributed by atoms with Crippen molar-refractivity contribution < 1.29 is 4.74 Å². The molecule has 0 aromatic heterocycles. The molecule has 1 saturated heterocycles. The Balaban J connectivity index is 1.96. The quantitative estimate of drug-likeness (QED) is 0.867. The molecule has 17 heavy (non-hydrogen) atoms. The van der Waals surface area contributed by atoms with Gasteiger partial charge in [-0.2, -0.15) is 0 Å². The lowest BCUT2D eigenvalue weighted by atomic mass is 9.94. The fraction of sp³-hybridized carbons (Fsp3) is 0.571. The maximum atomic E-state index is 6.03. The second-order valence-corrected chi connectivity index (χ2v) is 5.02. The molecule has 1 aromatic rings. The van der Waals surface area contributed by atoms with E-state index >= 15 is 0 Å². The van der Waals surface area contributed by atoms with Gasteiger partial charge in [-0.25, -0.2) is 0 Å². The van der Waals surface area contributed by atoms with Crippen LogP contribution in [0, 0.1) is 5.92 Å². The van der Waals surface area contributed by atoms with Crippen molar-refractivity contribution in [2.24, 2.45) is 11.7 Å². The van der Waals surface area contributed by atoms with Crippen molar-refractivity contribution in [3.8, 4) is 5.75 Å². The van der Waals surface area contributed by atoms with Crippen LogP contribution in [0.2, 0.25) is 0 Å². The van der Waals surface area contributed by atoms with Crippen LogP contribution < -0.4 is 10.5 Å². The van der Waals surface area contributed by atoms with Gasteiger partial charge in [-0.05, 0) is 36.6 Å². The summed E-state index contributed by atoms with van der Waals surface area (Å²) in [5.74, 6) is 1.53. The fourth-order valence-electron chi connectivity index (χ4n) is 2.42. The third-order valence-electron chi connectivity index (χ3n) is 3.60. The molecule has 1 aromatic carbocycles. The van der Waals surface area contributed by atoms with Gasteiger partial charge in [-0.15, -0.1) is 0 Å². The minimum Gasteiger partial charge on any atom is -0.497 e. The van der Waals surface area contributed by atoms with E-state index in [0.717, 1.165) is 31.8 Å². The van der Waals surface area contributed by atoms with E-state index in [9.17, 15) is 0 Å². The van der Waals surface area contributed by atoms with Crippen LogP contribution in [-0.4, -0.2) is 31.1 Å². The number of hydrogen-bond donors (Lipinski definition) is 1. The summed E-state index contributed by atoms with van der Waals surface area (Å²) in [6.07, 6.45) is 1.10. The van der Waals surface area contributed by atoms with Gasteiger partial charge >= 0.3 is 0 Å². The highest BCUT2D eigenvalue weighted by molar-refractivity contribution is 5.28. The average molecular weight is 234 g/mol. The van der Waals surface area contributed by atoms with Gasteiger partial charge in [0.05, 0.1) is 7.11 Å². The summed E-state index contributed by atoms with van der Waals surface area (Å²) in [6, 6.07) is 8.67. The molecular weight excluding hydrogens is 212 g/mol. The van der Waals surface area contributed by atoms with E-state index in [1.807, 2.05) is 12.1 Å². The van der Waals surface area contributed by atoms with Gasteiger partial charge < -0.3 is 10.5 Å². The summed E-state index contributed by atoms with van der Waals surface area (Å²) >= 11 is 0. The number of piperidine rings is 1. The first-order valence-corrected chi connectivity index (χ1v) is 6.30. The normalized spacial score (nSPS) is 25.8. The smallest absolute Gasteiger partial charge is 0.119 e. The number of nitrogens with two attached hydrogens (primary N) is 1. The van der Waals surface area contributed by atoms with E-state index in [1.165, 1.54) is 5.56 Å². The second-order valence-electron chi connectivity index (χ2n) is 5.02. The second kappa shape index (κ2) is 5.52. The molecule has 2 N–H and O–H groups in total. The van der Waals surface area contributed by atoms with Gasteiger partial charge in [0.15, 0.2) is 0 Å². The highest BCUT2D eigenvalue weighted by Crippen LogP contribution is 2.19. The van der Waals surface area contributed by atoms with E-state index in [4.69, 9.17) is 10.5 Å². The topological polar surface area (TPSA) is 38.5 Å². The maximum absolute atomic E-state index is 6.03. The Kier molecular flexibility index (Phi) is 4.02. The first-order chi connectivity index (χ1) is 8.19. The molecule has 3 heteroatoms. The Morgan fingerprint density at radius 1 is 1.47 bits per heavy atom. The number of likely N-dealkylation sites (tertiary alicyclic amines) is 1. The van der Waals surface area contributed by atoms with Crippen molar-refractivity contribution in [1.29, 1.82) is 0 Å². The predicted octanol–water partition coefficient (Wildman–Crippen LogP) is 1.86. The lowest BCUT2D eigenvalue weighted by Crippen LogP contribution is -2.45. The van der Waals surface area contributed by atoms with Crippen LogP contribution in [0.25, 0.3) is 0 Å². The summed E-state index contributed by atoms with van der Waals surface area (Å²) in [5, 5.41) is 0. The van der Waals surface area contributed by atoms with Crippen molar-refractivity contribution in [1.82, 2.24) is 4.90 Å². The monoisotopic (exact) mass is 234 g/mol. The molecule has 2 atom stereocenters. The van der Waals surface area contributed by atoms with Crippen molar-refractivity contribution in [2.45, 2.75) is 25.9 Å². The van der Waals surface area contributed by atoms with E-state index < -0.39 is 0 Å². The summed E-state index contributed by atoms with van der Waals surface area (Å²) in [5.41, 5.74) is 7.34. The SMILES string of the molecule is COc1cccc(CN2CCC(N)C(C)C2)c1. The Morgan fingerprint density at radius 3 is 3.00 bits per heavy atom. The Morgan fingerprint density at radius 2 is 2.29 bits per heavy atom. The summed E-state index contributed by atoms with van der Waals surface area (Å²) in [7, 11) is 1.71. The van der Waals surface area contributed by atoms with Crippen LogP contribution in [0.3, 0.4) is 0 Å². The van der Waals surface area contributed by atoms with E-state index in [0.29, 0.717) is 12.0 Å². The van der Waals surface area contributed by atoms with Gasteiger partial charge in [0.2, 0.25) is 0 Å². The molecule has 3 nitrogen and oxygen atoms in total. The van der Waals surface area contributed by atoms with Gasteiger partial charge in [0, 0.05) is 19.1 Å². The Labute approximate surface area is 104 Å². The zero-order valence-corrected chi connectivity index (χ0v) is 10.7. The molecule has 94 valence electrons. The van der Waals surface area contributed by atoms with Crippen LogP contribution in [0.15, 0.2) is 24.3 Å². The molecule has 1 aliphatic heterocycles. The molecule has 0 amide bonds. The molecule has 0 spiro atoms. The highest BCUT2D eigenvalue weighted by atomic mass is 16.5. The van der Waals surface area contributed by atoms with Crippen molar-refractivity contribution in [3.63, 3.8) is 0 Å². The van der Waals surface area contributed by atoms with Crippen LogP contribution in [-0.2, 0) is 6.54 Å². The molecule has 0 aliphatic carbocycles. The molecule has 0 saturated carbocycles. The van der Waals surface area contributed by atoms with Gasteiger partial charge in [-0.3, -0.25) is 4.90 Å². The zero-order valence-electron chi connectivity index (χ0n) is 10.7. The van der Waals surface area contributed by atoms with Crippen LogP contribution in [0.4, 0.5) is 0 Å². The van der Waals surface area contributed by atoms with E-state index in [2.05, 4.69) is 24.0 Å². The van der Waals surface area contributed by atoms with E-state index in [1.54, 1.807) is 7.11 Å². The number of rotatable bonds is 3. The molecule has 1 heterocycles. The van der Waals surface area contributed by atoms with Crippen molar-refractivity contribution in [3.05, 3.63) is 29.8 Å². The fourth-order valence-corrected chi connectivity index (χ4v) is 2.42. The van der Waals surface area contributed by atoms with Crippen LogP contribution in [0.1, 0.15) is 18.9 Å². The number of nitrogens with zero attached hydrogens (tertiary/aromatic N) is 1. The van der Waals surface area contributed by atoms with Gasteiger partial charge in [0.25, 0.3) is 0 Å². The van der Waals surface area contributed by atoms with Gasteiger partial charge in [0.1, 0.15) is 5.75 Å². The maximum Gasteiger partial charge on any atom is 0.119 e. The van der Waals surface area contributed by atoms with Crippen molar-refractivity contribution in [2.75, 3.05) is 20.2 Å². The number of methoxy groups -OCH3 is 1. The van der Waals surface area contributed by atoms with E-state index in [-0.39, 0.29) is 0 Å². The standard InChI is InChI=1S/C14H22N2O/c1-11-9-16(7-6-14(11)15)10-12-4-3-5-13(8-12)17-2/h3-5,8,11,14H,6-7,9-10,15H2,1-2H3. The predicted molar refractivity (Wildman–Crippen MR) is 70.0 cm³/mol. The third-order valence-corrected chi connectivity index (χ3v) is 3.60. The molecule has 2 unspecified atom stereocenters. The lowest BCUT2D eigenvalue weighted by Gasteiger charge is -2.35. The summed E-state index contributed by atoms with van der Waals surface area (Å²) < 4.78 is 5.24. The summed E-state index contributed by atoms with van der Waals surface area (Å²) in [4.78, 5) is 2.48. The molecule has 0 radical (unpaired) electrons. The number of hydrogen-bond acceptors (Lipinski definition) is 3. The minimum atomic E-state index is 0.372. The lowest BCUT2D eigenvalue weighted by molar-refractivity contribution is 0.157. The number of benzene rings is 1. The molecule has 0 bridgehead atoms. The first kappa shape index (κ1) is 12.4. The first-order valence-electron chi connectivity index (χ1n) is 6.30. The van der Waals surface area contributed by atoms with Gasteiger partial charge in [-0.1, -0.05) is 19.1 Å². The molecular formula is C14H22N2O. The minimum absolute atomic E-state index is 0.372. The molecule has 1 fully saturated rings. The number of ether oxygens (including phenoxy) is 1. The average Bonchev–Trinajstić information content (AvgIpc) is 2.34. The van der Waals surface area contributed by atoms with Crippen LogP contribution >= 0.6 is 0 Å². The van der Waals surface area contributed by atoms with Crippen LogP contribution in [0.5, 0.6) is 5.75 Å². The zero-order chi connectivity index (χ0) is 12.3. The largest absolute Gasteiger partial charge is 0.497 e.